The zero-order valence-electron chi connectivity index (χ0n) is 6.88. The fourth-order valence-electron chi connectivity index (χ4n) is 0.768. The normalized spacial score (nSPS) is 10.1. The minimum absolute atomic E-state index is 0.431. The second kappa shape index (κ2) is 3.02. The first-order valence-corrected chi connectivity index (χ1v) is 4.34. The zero-order valence-corrected chi connectivity index (χ0v) is 7.70. The molecule has 1 aromatic heterocycles. The largest absolute Gasteiger partial charge is 0.230 e. The molecule has 3 heteroatoms. The molecule has 0 aliphatic rings. The Morgan fingerprint density at radius 2 is 2.18 bits per heavy atom. The lowest BCUT2D eigenvalue weighted by molar-refractivity contribution is 0.850. The molecule has 1 heterocycles. The van der Waals surface area contributed by atoms with E-state index in [1.165, 1.54) is 0 Å². The summed E-state index contributed by atoms with van der Waals surface area (Å²) in [6, 6.07) is 2.07. The molecule has 1 rings (SSSR count). The fraction of sp³-hybridized carbons (Fsp3) is 0.500. The Bertz CT molecular complexity index is 294. The maximum atomic E-state index is 8.61. The number of nitrogens with zero attached hydrogens (tertiary/aromatic N) is 2. The number of nitriles is 1. The van der Waals surface area contributed by atoms with E-state index in [1.54, 1.807) is 11.3 Å². The molecule has 0 spiro atoms. The van der Waals surface area contributed by atoms with Crippen molar-refractivity contribution in [2.45, 2.75) is 26.7 Å². The van der Waals surface area contributed by atoms with Gasteiger partial charge in [-0.05, 0) is 6.92 Å². The lowest BCUT2D eigenvalue weighted by Gasteiger charge is -1.94. The van der Waals surface area contributed by atoms with E-state index in [2.05, 4.69) is 24.9 Å². The minimum atomic E-state index is 0.431. The number of aromatic nitrogens is 1. The van der Waals surface area contributed by atoms with Crippen LogP contribution in [-0.2, 0) is 0 Å². The smallest absolute Gasteiger partial charge is 0.154 e. The van der Waals surface area contributed by atoms with Gasteiger partial charge in [-0.1, -0.05) is 13.8 Å². The first-order chi connectivity index (χ1) is 5.15. The van der Waals surface area contributed by atoms with Gasteiger partial charge in [0.1, 0.15) is 6.07 Å². The minimum Gasteiger partial charge on any atom is -0.230 e. The molecule has 11 heavy (non-hydrogen) atoms. The van der Waals surface area contributed by atoms with Gasteiger partial charge in [0.2, 0.25) is 0 Å². The number of thiazole rings is 1. The third kappa shape index (κ3) is 1.58. The summed E-state index contributed by atoms with van der Waals surface area (Å²) < 4.78 is 0. The number of aryl methyl sites for hydroxylation is 1. The molecule has 0 unspecified atom stereocenters. The topological polar surface area (TPSA) is 36.7 Å². The summed E-state index contributed by atoms with van der Waals surface area (Å²) in [5.74, 6) is 0.431. The van der Waals surface area contributed by atoms with E-state index >= 15 is 0 Å². The van der Waals surface area contributed by atoms with Crippen LogP contribution in [0.15, 0.2) is 0 Å². The van der Waals surface area contributed by atoms with Gasteiger partial charge in [0.15, 0.2) is 5.69 Å². The Labute approximate surface area is 70.5 Å². The van der Waals surface area contributed by atoms with Gasteiger partial charge in [0.25, 0.3) is 0 Å². The zero-order chi connectivity index (χ0) is 8.43. The summed E-state index contributed by atoms with van der Waals surface area (Å²) in [6.07, 6.45) is 0. The second-order valence-electron chi connectivity index (χ2n) is 2.72. The summed E-state index contributed by atoms with van der Waals surface area (Å²) in [4.78, 5) is 5.21. The Hall–Kier alpha value is -0.880. The Balaban J connectivity index is 3.07. The van der Waals surface area contributed by atoms with Crippen molar-refractivity contribution < 1.29 is 0 Å². The monoisotopic (exact) mass is 166 g/mol. The van der Waals surface area contributed by atoms with Crippen LogP contribution >= 0.6 is 11.3 Å². The molecule has 0 saturated carbocycles. The first kappa shape index (κ1) is 8.22. The molecule has 0 bridgehead atoms. The standard InChI is InChI=1S/C8H10N2S/c1-5(2)8-10-7(4-9)6(3)11-8/h5H,1-3H3. The van der Waals surface area contributed by atoms with Crippen LogP contribution in [0.2, 0.25) is 0 Å². The van der Waals surface area contributed by atoms with E-state index in [1.807, 2.05) is 6.92 Å². The van der Waals surface area contributed by atoms with Crippen molar-refractivity contribution >= 4 is 11.3 Å². The summed E-state index contributed by atoms with van der Waals surface area (Å²) in [7, 11) is 0. The van der Waals surface area contributed by atoms with Crippen molar-refractivity contribution in [2.24, 2.45) is 0 Å². The highest BCUT2D eigenvalue weighted by Crippen LogP contribution is 2.23. The van der Waals surface area contributed by atoms with Crippen LogP contribution in [0, 0.1) is 18.3 Å². The Morgan fingerprint density at radius 1 is 1.55 bits per heavy atom. The van der Waals surface area contributed by atoms with Crippen LogP contribution < -0.4 is 0 Å². The van der Waals surface area contributed by atoms with Crippen molar-refractivity contribution in [2.75, 3.05) is 0 Å². The molecular weight excluding hydrogens is 156 g/mol. The van der Waals surface area contributed by atoms with E-state index in [-0.39, 0.29) is 0 Å². The molecule has 0 aromatic carbocycles. The van der Waals surface area contributed by atoms with Crippen molar-refractivity contribution in [3.63, 3.8) is 0 Å². The van der Waals surface area contributed by atoms with Gasteiger partial charge in [-0.15, -0.1) is 11.3 Å². The van der Waals surface area contributed by atoms with Gasteiger partial charge in [0.05, 0.1) is 5.01 Å². The van der Waals surface area contributed by atoms with E-state index in [9.17, 15) is 0 Å². The van der Waals surface area contributed by atoms with Crippen LogP contribution in [0.4, 0.5) is 0 Å². The van der Waals surface area contributed by atoms with Gasteiger partial charge in [0, 0.05) is 10.8 Å². The maximum Gasteiger partial charge on any atom is 0.154 e. The van der Waals surface area contributed by atoms with Crippen LogP contribution in [0.5, 0.6) is 0 Å². The highest BCUT2D eigenvalue weighted by Gasteiger charge is 2.08. The fourth-order valence-corrected chi connectivity index (χ4v) is 1.64. The summed E-state index contributed by atoms with van der Waals surface area (Å²) in [6.45, 7) is 6.10. The van der Waals surface area contributed by atoms with E-state index < -0.39 is 0 Å². The SMILES string of the molecule is Cc1sc(C(C)C)nc1C#N. The molecule has 0 saturated heterocycles. The summed E-state index contributed by atoms with van der Waals surface area (Å²) in [5.41, 5.74) is 0.582. The molecule has 1 aromatic rings. The molecule has 0 amide bonds. The van der Waals surface area contributed by atoms with Crippen molar-refractivity contribution in [3.05, 3.63) is 15.6 Å². The molecule has 0 radical (unpaired) electrons. The van der Waals surface area contributed by atoms with Crippen LogP contribution in [0.25, 0.3) is 0 Å². The molecule has 0 atom stereocenters. The molecule has 0 aliphatic heterocycles. The molecule has 0 N–H and O–H groups in total. The van der Waals surface area contributed by atoms with Gasteiger partial charge in [-0.25, -0.2) is 4.98 Å². The highest BCUT2D eigenvalue weighted by molar-refractivity contribution is 7.11. The number of hydrogen-bond donors (Lipinski definition) is 0. The van der Waals surface area contributed by atoms with Gasteiger partial charge in [-0.2, -0.15) is 5.26 Å². The van der Waals surface area contributed by atoms with Crippen molar-refractivity contribution in [3.8, 4) is 6.07 Å². The van der Waals surface area contributed by atoms with E-state index in [4.69, 9.17) is 5.26 Å². The summed E-state index contributed by atoms with van der Waals surface area (Å²) >= 11 is 1.61. The molecular formula is C8H10N2S. The van der Waals surface area contributed by atoms with Crippen LogP contribution in [-0.4, -0.2) is 4.98 Å². The van der Waals surface area contributed by atoms with Gasteiger partial charge < -0.3 is 0 Å². The average Bonchev–Trinajstić information content (AvgIpc) is 2.31. The first-order valence-electron chi connectivity index (χ1n) is 3.52. The molecule has 2 nitrogen and oxygen atoms in total. The quantitative estimate of drug-likeness (QED) is 0.642. The predicted molar refractivity (Wildman–Crippen MR) is 45.7 cm³/mol. The van der Waals surface area contributed by atoms with Crippen molar-refractivity contribution in [1.29, 1.82) is 5.26 Å². The lowest BCUT2D eigenvalue weighted by Crippen LogP contribution is -1.84. The third-order valence-electron chi connectivity index (χ3n) is 1.41. The van der Waals surface area contributed by atoms with Crippen molar-refractivity contribution in [1.82, 2.24) is 4.98 Å². The lowest BCUT2D eigenvalue weighted by atomic mass is 10.2. The number of hydrogen-bond acceptors (Lipinski definition) is 3. The predicted octanol–water partition coefficient (Wildman–Crippen LogP) is 2.45. The van der Waals surface area contributed by atoms with Crippen LogP contribution in [0.1, 0.15) is 35.3 Å². The van der Waals surface area contributed by atoms with E-state index in [0.717, 1.165) is 9.88 Å². The van der Waals surface area contributed by atoms with Gasteiger partial charge in [-0.3, -0.25) is 0 Å². The van der Waals surface area contributed by atoms with E-state index in [0.29, 0.717) is 11.6 Å². The maximum absolute atomic E-state index is 8.61. The van der Waals surface area contributed by atoms with Gasteiger partial charge >= 0.3 is 0 Å². The molecule has 0 aliphatic carbocycles. The second-order valence-corrected chi connectivity index (χ2v) is 3.96. The molecule has 0 fully saturated rings. The third-order valence-corrected chi connectivity index (χ3v) is 2.68. The highest BCUT2D eigenvalue weighted by atomic mass is 32.1. The van der Waals surface area contributed by atoms with Crippen LogP contribution in [0.3, 0.4) is 0 Å². The Morgan fingerprint density at radius 3 is 2.45 bits per heavy atom. The number of rotatable bonds is 1. The average molecular weight is 166 g/mol. The molecule has 58 valence electrons. The Kier molecular flexibility index (Phi) is 2.25. The summed E-state index contributed by atoms with van der Waals surface area (Å²) in [5, 5.41) is 9.66.